The van der Waals surface area contributed by atoms with Crippen LogP contribution in [0.15, 0.2) is 21.9 Å². The summed E-state index contributed by atoms with van der Waals surface area (Å²) in [5.74, 6) is -0.122. The average Bonchev–Trinajstić information content (AvgIpc) is 2.85. The van der Waals surface area contributed by atoms with E-state index in [4.69, 9.17) is 19.4 Å². The van der Waals surface area contributed by atoms with Gasteiger partial charge in [0, 0.05) is 12.3 Å². The number of phosphoric acid groups is 3. The van der Waals surface area contributed by atoms with Gasteiger partial charge in [-0.25, -0.2) is 18.5 Å². The number of aromatic amines is 1. The van der Waals surface area contributed by atoms with Gasteiger partial charge in [-0.2, -0.15) is 8.62 Å². The lowest BCUT2D eigenvalue weighted by Crippen LogP contribution is -2.33. The summed E-state index contributed by atoms with van der Waals surface area (Å²) in [6.07, 6.45) is 0.362. The van der Waals surface area contributed by atoms with Crippen LogP contribution in [0.1, 0.15) is 13.3 Å². The standard InChI is InChI=1S/C11H19N2O13P3/c1-7-4-8(24-9(7)5-13-3-2-10(14)12-11(13)15)6-23-28(19,20)26-29(21,22)25-27(16,17)18/h2-3,7-9H,4-6H2,1H3,(H,19,20)(H,21,22)(H,12,14,15)(H2,16,17,18)/t7-,8?,9-/m0/s1. The van der Waals surface area contributed by atoms with Gasteiger partial charge in [-0.1, -0.05) is 6.92 Å². The fourth-order valence-electron chi connectivity index (χ4n) is 2.60. The Bertz CT molecular complexity index is 983. The molecule has 0 aromatic carbocycles. The van der Waals surface area contributed by atoms with Gasteiger partial charge >= 0.3 is 29.2 Å². The highest BCUT2D eigenvalue weighted by Crippen LogP contribution is 2.66. The van der Waals surface area contributed by atoms with Gasteiger partial charge in [-0.3, -0.25) is 18.9 Å². The van der Waals surface area contributed by atoms with Gasteiger partial charge in [0.1, 0.15) is 0 Å². The fraction of sp³-hybridized carbons (Fsp3) is 0.636. The van der Waals surface area contributed by atoms with Gasteiger partial charge in [-0.15, -0.1) is 0 Å². The number of rotatable bonds is 9. The van der Waals surface area contributed by atoms with E-state index in [1.54, 1.807) is 6.92 Å². The molecule has 0 radical (unpaired) electrons. The third kappa shape index (κ3) is 8.00. The molecule has 1 aliphatic heterocycles. The molecule has 0 bridgehead atoms. The minimum absolute atomic E-state index is 0.0858. The largest absolute Gasteiger partial charge is 0.490 e. The van der Waals surface area contributed by atoms with Gasteiger partial charge in [-0.05, 0) is 12.3 Å². The normalized spacial score (nSPS) is 26.7. The maximum Gasteiger partial charge on any atom is 0.490 e. The third-order valence-corrected chi connectivity index (χ3v) is 7.55. The first-order valence-corrected chi connectivity index (χ1v) is 12.4. The van der Waals surface area contributed by atoms with Crippen LogP contribution in [0.4, 0.5) is 0 Å². The van der Waals surface area contributed by atoms with Crippen LogP contribution in [0.2, 0.25) is 0 Å². The van der Waals surface area contributed by atoms with Crippen molar-refractivity contribution in [3.63, 3.8) is 0 Å². The summed E-state index contributed by atoms with van der Waals surface area (Å²) < 4.78 is 52.1. The van der Waals surface area contributed by atoms with Crippen molar-refractivity contribution in [2.45, 2.75) is 32.1 Å². The van der Waals surface area contributed by atoms with E-state index in [0.29, 0.717) is 6.42 Å². The van der Waals surface area contributed by atoms with Crippen molar-refractivity contribution in [2.24, 2.45) is 5.92 Å². The quantitative estimate of drug-likeness (QED) is 0.286. The number of nitrogens with one attached hydrogen (secondary N) is 1. The fourth-order valence-corrected chi connectivity index (χ4v) is 5.65. The summed E-state index contributed by atoms with van der Waals surface area (Å²) in [5.41, 5.74) is -1.19. The van der Waals surface area contributed by atoms with Crippen molar-refractivity contribution >= 4 is 23.5 Å². The van der Waals surface area contributed by atoms with E-state index in [0.717, 1.165) is 6.07 Å². The smallest absolute Gasteiger partial charge is 0.370 e. The Morgan fingerprint density at radius 2 is 1.83 bits per heavy atom. The minimum Gasteiger partial charge on any atom is -0.370 e. The minimum atomic E-state index is -5.59. The molecule has 5 N–H and O–H groups in total. The highest BCUT2D eigenvalue weighted by molar-refractivity contribution is 7.66. The van der Waals surface area contributed by atoms with E-state index in [1.807, 2.05) is 0 Å². The molecule has 1 aromatic heterocycles. The van der Waals surface area contributed by atoms with E-state index in [2.05, 4.69) is 18.1 Å². The van der Waals surface area contributed by atoms with Gasteiger partial charge in [0.15, 0.2) is 0 Å². The van der Waals surface area contributed by atoms with E-state index in [-0.39, 0.29) is 12.5 Å². The van der Waals surface area contributed by atoms with Crippen LogP contribution in [0.25, 0.3) is 0 Å². The predicted molar refractivity (Wildman–Crippen MR) is 93.6 cm³/mol. The lowest BCUT2D eigenvalue weighted by atomic mass is 10.0. The molecule has 5 atom stereocenters. The summed E-state index contributed by atoms with van der Waals surface area (Å²) >= 11 is 0. The molecule has 3 unspecified atom stereocenters. The van der Waals surface area contributed by atoms with Crippen molar-refractivity contribution in [3.8, 4) is 0 Å². The Balaban J connectivity index is 1.92. The number of H-pyrrole nitrogens is 1. The second-order valence-corrected chi connectivity index (χ2v) is 10.6. The molecule has 0 amide bonds. The first-order valence-electron chi connectivity index (χ1n) is 7.89. The zero-order valence-electron chi connectivity index (χ0n) is 14.8. The van der Waals surface area contributed by atoms with Crippen molar-refractivity contribution in [2.75, 3.05) is 6.61 Å². The summed E-state index contributed by atoms with van der Waals surface area (Å²) in [4.78, 5) is 60.4. The molecule has 0 spiro atoms. The summed E-state index contributed by atoms with van der Waals surface area (Å²) in [7, 11) is -16.3. The Labute approximate surface area is 162 Å². The average molecular weight is 480 g/mol. The van der Waals surface area contributed by atoms with Crippen molar-refractivity contribution in [1.82, 2.24) is 9.55 Å². The number of hydrogen-bond acceptors (Lipinski definition) is 9. The number of ether oxygens (including phenoxy) is 1. The molecule has 1 aliphatic rings. The number of hydrogen-bond donors (Lipinski definition) is 5. The van der Waals surface area contributed by atoms with E-state index < -0.39 is 53.5 Å². The second kappa shape index (κ2) is 9.04. The zero-order chi connectivity index (χ0) is 22.0. The van der Waals surface area contributed by atoms with E-state index >= 15 is 0 Å². The molecule has 1 aromatic rings. The third-order valence-electron chi connectivity index (χ3n) is 3.75. The van der Waals surface area contributed by atoms with Gasteiger partial charge in [0.2, 0.25) is 0 Å². The van der Waals surface area contributed by atoms with Crippen LogP contribution < -0.4 is 11.2 Å². The Kier molecular flexibility index (Phi) is 7.59. The Hall–Kier alpha value is -0.950. The van der Waals surface area contributed by atoms with Gasteiger partial charge in [0.05, 0.1) is 25.4 Å². The zero-order valence-corrected chi connectivity index (χ0v) is 17.4. The number of nitrogens with zero attached hydrogens (tertiary/aromatic N) is 1. The molecule has 15 nitrogen and oxygen atoms in total. The molecular formula is C11H19N2O13P3. The first-order chi connectivity index (χ1) is 13.2. The molecule has 18 heteroatoms. The van der Waals surface area contributed by atoms with Crippen molar-refractivity contribution < 1.29 is 51.2 Å². The molecule has 1 saturated heterocycles. The lowest BCUT2D eigenvalue weighted by molar-refractivity contribution is -0.00210. The maximum absolute atomic E-state index is 11.7. The molecule has 2 heterocycles. The molecule has 0 aliphatic carbocycles. The van der Waals surface area contributed by atoms with Crippen LogP contribution >= 0.6 is 23.5 Å². The SMILES string of the molecule is C[C@H]1CC(COP(=O)(O)OP(=O)(O)OP(=O)(O)O)O[C@H]1Cn1ccc(=O)[nH]c1=O. The van der Waals surface area contributed by atoms with Gasteiger partial charge in [0.25, 0.3) is 5.56 Å². The lowest BCUT2D eigenvalue weighted by Gasteiger charge is -2.18. The van der Waals surface area contributed by atoms with Crippen LogP contribution in [-0.4, -0.2) is 47.9 Å². The maximum atomic E-state index is 11.7. The summed E-state index contributed by atoms with van der Waals surface area (Å²) in [6, 6.07) is 1.16. The predicted octanol–water partition coefficient (Wildman–Crippen LogP) is -0.327. The van der Waals surface area contributed by atoms with Crippen molar-refractivity contribution in [1.29, 1.82) is 0 Å². The summed E-state index contributed by atoms with van der Waals surface area (Å²) in [6.45, 7) is 1.31. The van der Waals surface area contributed by atoms with Crippen LogP contribution in [-0.2, 0) is 38.1 Å². The van der Waals surface area contributed by atoms with E-state index in [9.17, 15) is 28.2 Å². The molecule has 166 valence electrons. The first kappa shape index (κ1) is 24.3. The monoisotopic (exact) mass is 480 g/mol. The molecule has 29 heavy (non-hydrogen) atoms. The molecule has 0 saturated carbocycles. The van der Waals surface area contributed by atoms with E-state index in [1.165, 1.54) is 10.8 Å². The highest BCUT2D eigenvalue weighted by atomic mass is 31.3. The molecule has 2 rings (SSSR count). The van der Waals surface area contributed by atoms with Crippen LogP contribution in [0.3, 0.4) is 0 Å². The number of phosphoric ester groups is 1. The van der Waals surface area contributed by atoms with Crippen molar-refractivity contribution in [3.05, 3.63) is 33.1 Å². The number of aromatic nitrogens is 2. The van der Waals surface area contributed by atoms with Gasteiger partial charge < -0.3 is 24.3 Å². The summed E-state index contributed by atoms with van der Waals surface area (Å²) in [5, 5.41) is 0. The van der Waals surface area contributed by atoms with Crippen LogP contribution in [0.5, 0.6) is 0 Å². The molecular weight excluding hydrogens is 461 g/mol. The Morgan fingerprint density at radius 1 is 1.17 bits per heavy atom. The topological polar surface area (TPSA) is 224 Å². The molecule has 1 fully saturated rings. The highest BCUT2D eigenvalue weighted by Gasteiger charge is 2.42. The Morgan fingerprint density at radius 3 is 2.41 bits per heavy atom. The second-order valence-electron chi connectivity index (χ2n) is 6.16. The van der Waals surface area contributed by atoms with Crippen LogP contribution in [0, 0.1) is 5.92 Å².